The fourth-order valence-corrected chi connectivity index (χ4v) is 0.992. The highest BCUT2D eigenvalue weighted by molar-refractivity contribution is 5.82. The quantitative estimate of drug-likeness (QED) is 0.354. The highest BCUT2D eigenvalue weighted by Gasteiger charge is 1.90. The number of benzene rings is 1. The number of carbonyl (C=O) groups excluding carboxylic acids is 1. The van der Waals surface area contributed by atoms with Crippen LogP contribution in [0.15, 0.2) is 36.4 Å². The van der Waals surface area contributed by atoms with Crippen molar-refractivity contribution in [1.82, 2.24) is 0 Å². The molecule has 0 heterocycles. The van der Waals surface area contributed by atoms with Crippen molar-refractivity contribution in [3.8, 4) is 11.8 Å². The third-order valence-electron chi connectivity index (χ3n) is 1.72. The Morgan fingerprint density at radius 1 is 1.44 bits per heavy atom. The minimum Gasteiger partial charge on any atom is -0.463 e. The zero-order chi connectivity index (χ0) is 11.8. The van der Waals surface area contributed by atoms with Crippen LogP contribution in [0, 0.1) is 11.8 Å². The minimum atomic E-state index is -0.380. The van der Waals surface area contributed by atoms with Crippen LogP contribution in [0.25, 0.3) is 0 Å². The lowest BCUT2D eigenvalue weighted by molar-refractivity contribution is -0.137. The Hall–Kier alpha value is -2.21. The fourth-order valence-electron chi connectivity index (χ4n) is 0.992. The van der Waals surface area contributed by atoms with Gasteiger partial charge in [-0.25, -0.2) is 4.79 Å². The summed E-state index contributed by atoms with van der Waals surface area (Å²) in [5.74, 6) is 5.23. The smallest absolute Gasteiger partial charge is 0.331 e. The summed E-state index contributed by atoms with van der Waals surface area (Å²) in [6, 6.07) is 7.19. The monoisotopic (exact) mass is 215 g/mol. The van der Waals surface area contributed by atoms with E-state index in [9.17, 15) is 4.79 Å². The lowest BCUT2D eigenvalue weighted by Gasteiger charge is -1.92. The van der Waals surface area contributed by atoms with E-state index in [2.05, 4.69) is 11.8 Å². The summed E-state index contributed by atoms with van der Waals surface area (Å²) in [5.41, 5.74) is 7.08. The molecule has 16 heavy (non-hydrogen) atoms. The highest BCUT2D eigenvalue weighted by Crippen LogP contribution is 2.03. The Morgan fingerprint density at radius 2 is 2.12 bits per heavy atom. The molecule has 0 radical (unpaired) electrons. The van der Waals surface area contributed by atoms with E-state index in [1.165, 1.54) is 12.2 Å². The summed E-state index contributed by atoms with van der Waals surface area (Å²) in [4.78, 5) is 10.9. The third-order valence-corrected chi connectivity index (χ3v) is 1.72. The molecule has 0 aliphatic rings. The van der Waals surface area contributed by atoms with E-state index in [1.54, 1.807) is 19.1 Å². The predicted octanol–water partition coefficient (Wildman–Crippen LogP) is 1.74. The zero-order valence-electron chi connectivity index (χ0n) is 9.07. The number of nitrogen functional groups attached to an aromatic ring is 1. The van der Waals surface area contributed by atoms with Gasteiger partial charge in [0.15, 0.2) is 0 Å². The van der Waals surface area contributed by atoms with Crippen LogP contribution in [-0.2, 0) is 9.53 Å². The summed E-state index contributed by atoms with van der Waals surface area (Å²) in [6.07, 6.45) is 2.77. The van der Waals surface area contributed by atoms with E-state index in [0.717, 1.165) is 5.56 Å². The number of carbonyl (C=O) groups is 1. The molecular weight excluding hydrogens is 202 g/mol. The molecule has 82 valence electrons. The average Bonchev–Trinajstić information content (AvgIpc) is 2.27. The second-order valence-electron chi connectivity index (χ2n) is 2.98. The van der Waals surface area contributed by atoms with E-state index in [0.29, 0.717) is 12.3 Å². The summed E-state index contributed by atoms with van der Waals surface area (Å²) in [7, 11) is 0. The molecule has 0 unspecified atom stereocenters. The van der Waals surface area contributed by atoms with Crippen molar-refractivity contribution < 1.29 is 9.53 Å². The van der Waals surface area contributed by atoms with E-state index in [4.69, 9.17) is 10.5 Å². The molecule has 0 amide bonds. The van der Waals surface area contributed by atoms with E-state index < -0.39 is 0 Å². The van der Waals surface area contributed by atoms with Gasteiger partial charge < -0.3 is 10.5 Å². The second-order valence-corrected chi connectivity index (χ2v) is 2.98. The number of hydrogen-bond acceptors (Lipinski definition) is 3. The SMILES string of the molecule is CCOC(=O)/C=C/C#Cc1ccc(N)cc1. The fraction of sp³-hybridized carbons (Fsp3) is 0.154. The number of anilines is 1. The molecule has 0 saturated heterocycles. The Morgan fingerprint density at radius 3 is 2.75 bits per heavy atom. The van der Waals surface area contributed by atoms with Crippen molar-refractivity contribution >= 4 is 11.7 Å². The van der Waals surface area contributed by atoms with Gasteiger partial charge in [-0.3, -0.25) is 0 Å². The number of ether oxygens (including phenoxy) is 1. The van der Waals surface area contributed by atoms with Gasteiger partial charge in [0.05, 0.1) is 6.61 Å². The summed E-state index contributed by atoms with van der Waals surface area (Å²) in [5, 5.41) is 0. The van der Waals surface area contributed by atoms with Crippen LogP contribution < -0.4 is 5.73 Å². The molecular formula is C13H13NO2. The number of allylic oxidation sites excluding steroid dienone is 1. The molecule has 3 heteroatoms. The van der Waals surface area contributed by atoms with Crippen molar-refractivity contribution in [2.24, 2.45) is 0 Å². The summed E-state index contributed by atoms with van der Waals surface area (Å²) < 4.78 is 4.70. The molecule has 1 rings (SSSR count). The molecule has 0 saturated carbocycles. The molecule has 0 aromatic heterocycles. The maximum atomic E-state index is 10.9. The van der Waals surface area contributed by atoms with Crippen molar-refractivity contribution in [2.45, 2.75) is 6.92 Å². The van der Waals surface area contributed by atoms with Crippen LogP contribution in [0.5, 0.6) is 0 Å². The first-order valence-corrected chi connectivity index (χ1v) is 4.92. The van der Waals surface area contributed by atoms with E-state index in [1.807, 2.05) is 12.1 Å². The summed E-state index contributed by atoms with van der Waals surface area (Å²) in [6.45, 7) is 2.13. The van der Waals surface area contributed by atoms with Crippen molar-refractivity contribution in [3.63, 3.8) is 0 Å². The molecule has 0 spiro atoms. The topological polar surface area (TPSA) is 52.3 Å². The first-order valence-electron chi connectivity index (χ1n) is 4.92. The van der Waals surface area contributed by atoms with Crippen LogP contribution in [0.1, 0.15) is 12.5 Å². The Balaban J connectivity index is 2.55. The maximum Gasteiger partial charge on any atom is 0.331 e. The van der Waals surface area contributed by atoms with E-state index >= 15 is 0 Å². The van der Waals surface area contributed by atoms with Crippen LogP contribution >= 0.6 is 0 Å². The number of rotatable bonds is 2. The standard InChI is InChI=1S/C13H13NO2/c1-2-16-13(15)6-4-3-5-11-7-9-12(14)10-8-11/h4,6-10H,2,14H2,1H3/b6-4+. The predicted molar refractivity (Wildman–Crippen MR) is 63.5 cm³/mol. The van der Waals surface area contributed by atoms with Gasteiger partial charge in [0, 0.05) is 17.3 Å². The Bertz CT molecular complexity index is 435. The first kappa shape index (κ1) is 11.9. The molecule has 0 fully saturated rings. The van der Waals surface area contributed by atoms with Gasteiger partial charge in [-0.1, -0.05) is 11.8 Å². The number of nitrogens with two attached hydrogens (primary N) is 1. The maximum absolute atomic E-state index is 10.9. The second kappa shape index (κ2) is 6.31. The van der Waals surface area contributed by atoms with Gasteiger partial charge in [-0.15, -0.1) is 0 Å². The number of esters is 1. The van der Waals surface area contributed by atoms with Crippen LogP contribution in [0.4, 0.5) is 5.69 Å². The largest absolute Gasteiger partial charge is 0.463 e. The van der Waals surface area contributed by atoms with E-state index in [-0.39, 0.29) is 5.97 Å². The highest BCUT2D eigenvalue weighted by atomic mass is 16.5. The molecule has 1 aromatic rings. The molecule has 2 N–H and O–H groups in total. The van der Waals surface area contributed by atoms with Gasteiger partial charge in [0.2, 0.25) is 0 Å². The van der Waals surface area contributed by atoms with Crippen LogP contribution in [0.3, 0.4) is 0 Å². The van der Waals surface area contributed by atoms with Crippen molar-refractivity contribution in [3.05, 3.63) is 42.0 Å². The van der Waals surface area contributed by atoms with Gasteiger partial charge >= 0.3 is 5.97 Å². The molecule has 0 bridgehead atoms. The van der Waals surface area contributed by atoms with Crippen LogP contribution in [-0.4, -0.2) is 12.6 Å². The average molecular weight is 215 g/mol. The molecule has 0 atom stereocenters. The normalized spacial score (nSPS) is 9.56. The van der Waals surface area contributed by atoms with Gasteiger partial charge in [0.1, 0.15) is 0 Å². The Kier molecular flexibility index (Phi) is 4.68. The van der Waals surface area contributed by atoms with Gasteiger partial charge in [0.25, 0.3) is 0 Å². The van der Waals surface area contributed by atoms with Gasteiger partial charge in [-0.2, -0.15) is 0 Å². The first-order chi connectivity index (χ1) is 7.72. The molecule has 0 aliphatic carbocycles. The minimum absolute atomic E-state index is 0.370. The Labute approximate surface area is 94.9 Å². The molecule has 0 aliphatic heterocycles. The van der Waals surface area contributed by atoms with Crippen LogP contribution in [0.2, 0.25) is 0 Å². The lowest BCUT2D eigenvalue weighted by atomic mass is 10.2. The molecule has 3 nitrogen and oxygen atoms in total. The lowest BCUT2D eigenvalue weighted by Crippen LogP contribution is -1.98. The van der Waals surface area contributed by atoms with Gasteiger partial charge in [-0.05, 0) is 37.3 Å². The van der Waals surface area contributed by atoms with Crippen molar-refractivity contribution in [1.29, 1.82) is 0 Å². The third kappa shape index (κ3) is 4.34. The van der Waals surface area contributed by atoms with Crippen molar-refractivity contribution in [2.75, 3.05) is 12.3 Å². The molecule has 1 aromatic carbocycles. The zero-order valence-corrected chi connectivity index (χ0v) is 9.07. The number of hydrogen-bond donors (Lipinski definition) is 1. The summed E-state index contributed by atoms with van der Waals surface area (Å²) >= 11 is 0.